The van der Waals surface area contributed by atoms with E-state index in [1.165, 1.54) is 5.56 Å². The summed E-state index contributed by atoms with van der Waals surface area (Å²) in [5.74, 6) is -0.565. The van der Waals surface area contributed by atoms with Gasteiger partial charge in [0.15, 0.2) is 0 Å². The largest absolute Gasteiger partial charge is 0.381 e. The minimum atomic E-state index is -0.851. The molecule has 2 saturated heterocycles. The van der Waals surface area contributed by atoms with Gasteiger partial charge in [-0.05, 0) is 12.0 Å². The highest BCUT2D eigenvalue weighted by atomic mass is 16.5. The van der Waals surface area contributed by atoms with Crippen molar-refractivity contribution in [2.75, 3.05) is 26.3 Å². The fourth-order valence-electron chi connectivity index (χ4n) is 3.40. The molecule has 1 aromatic carbocycles. The van der Waals surface area contributed by atoms with Crippen LogP contribution in [0.15, 0.2) is 30.3 Å². The van der Waals surface area contributed by atoms with Gasteiger partial charge in [0.25, 0.3) is 0 Å². The molecule has 25 heavy (non-hydrogen) atoms. The zero-order chi connectivity index (χ0) is 17.7. The first-order valence-electron chi connectivity index (χ1n) is 8.75. The molecular formula is C19H23N3O3. The van der Waals surface area contributed by atoms with Crippen molar-refractivity contribution in [1.82, 2.24) is 10.2 Å². The first-order chi connectivity index (χ1) is 12.1. The Hall–Kier alpha value is -2.39. The average Bonchev–Trinajstić information content (AvgIpc) is 3.02. The summed E-state index contributed by atoms with van der Waals surface area (Å²) in [6.07, 6.45) is 1.99. The van der Waals surface area contributed by atoms with Crippen LogP contribution in [0.3, 0.4) is 0 Å². The van der Waals surface area contributed by atoms with Crippen LogP contribution in [0.4, 0.5) is 0 Å². The number of carbonyl (C=O) groups excluding carboxylic acids is 2. The van der Waals surface area contributed by atoms with Gasteiger partial charge in [-0.3, -0.25) is 9.59 Å². The Labute approximate surface area is 147 Å². The van der Waals surface area contributed by atoms with E-state index in [0.717, 1.165) is 6.42 Å². The van der Waals surface area contributed by atoms with E-state index in [9.17, 15) is 14.9 Å². The summed E-state index contributed by atoms with van der Waals surface area (Å²) < 4.78 is 5.28. The highest BCUT2D eigenvalue weighted by Gasteiger charge is 2.39. The van der Waals surface area contributed by atoms with Gasteiger partial charge in [-0.1, -0.05) is 30.3 Å². The maximum atomic E-state index is 12.6. The first kappa shape index (κ1) is 17.4. The number of carbonyl (C=O) groups is 2. The molecule has 0 aromatic heterocycles. The molecule has 0 aliphatic carbocycles. The van der Waals surface area contributed by atoms with Crippen LogP contribution in [-0.2, 0) is 20.7 Å². The van der Waals surface area contributed by atoms with Gasteiger partial charge in [-0.25, -0.2) is 0 Å². The van der Waals surface area contributed by atoms with Gasteiger partial charge in [0.2, 0.25) is 11.8 Å². The number of nitriles is 1. The lowest BCUT2D eigenvalue weighted by atomic mass is 9.90. The van der Waals surface area contributed by atoms with E-state index in [-0.39, 0.29) is 24.2 Å². The lowest BCUT2D eigenvalue weighted by Gasteiger charge is -2.32. The number of benzene rings is 1. The van der Waals surface area contributed by atoms with Crippen LogP contribution in [0, 0.1) is 17.2 Å². The zero-order valence-corrected chi connectivity index (χ0v) is 14.2. The zero-order valence-electron chi connectivity index (χ0n) is 14.2. The Morgan fingerprint density at radius 1 is 1.32 bits per heavy atom. The van der Waals surface area contributed by atoms with Crippen molar-refractivity contribution in [2.24, 2.45) is 5.92 Å². The summed E-state index contributed by atoms with van der Waals surface area (Å²) in [5, 5.41) is 12.3. The SMILES string of the molecule is N#CC1(NC(=O)[C@@H]2CC(=O)N(CCc3ccccc3)C2)CCOCC1. The van der Waals surface area contributed by atoms with Crippen molar-refractivity contribution >= 4 is 11.8 Å². The standard InChI is InChI=1S/C19H23N3O3/c20-14-19(7-10-25-11-8-19)21-18(24)16-12-17(23)22(13-16)9-6-15-4-2-1-3-5-15/h1-5,16H,6-13H2,(H,21,24)/t16-/m1/s1. The van der Waals surface area contributed by atoms with Crippen molar-refractivity contribution in [3.63, 3.8) is 0 Å². The van der Waals surface area contributed by atoms with Crippen LogP contribution in [0.2, 0.25) is 0 Å². The van der Waals surface area contributed by atoms with Crippen LogP contribution in [-0.4, -0.2) is 48.6 Å². The fraction of sp³-hybridized carbons (Fsp3) is 0.526. The van der Waals surface area contributed by atoms with E-state index in [2.05, 4.69) is 11.4 Å². The molecular weight excluding hydrogens is 318 g/mol. The van der Waals surface area contributed by atoms with E-state index < -0.39 is 5.54 Å². The van der Waals surface area contributed by atoms with Crippen molar-refractivity contribution < 1.29 is 14.3 Å². The minimum absolute atomic E-state index is 0.00839. The normalized spacial score (nSPS) is 22.4. The quantitative estimate of drug-likeness (QED) is 0.874. The van der Waals surface area contributed by atoms with E-state index in [1.54, 1.807) is 4.90 Å². The number of amides is 2. The Kier molecular flexibility index (Phi) is 5.34. The van der Waals surface area contributed by atoms with Crippen LogP contribution in [0.1, 0.15) is 24.8 Å². The third-order valence-corrected chi connectivity index (χ3v) is 5.02. The molecule has 1 atom stereocenters. The van der Waals surface area contributed by atoms with Crippen molar-refractivity contribution in [3.05, 3.63) is 35.9 Å². The first-order valence-corrected chi connectivity index (χ1v) is 8.75. The van der Waals surface area contributed by atoms with Crippen molar-refractivity contribution in [3.8, 4) is 6.07 Å². The molecule has 0 spiro atoms. The number of nitrogens with zero attached hydrogens (tertiary/aromatic N) is 2. The molecule has 6 heteroatoms. The van der Waals surface area contributed by atoms with Crippen molar-refractivity contribution in [1.29, 1.82) is 5.26 Å². The van der Waals surface area contributed by atoms with Crippen LogP contribution in [0.5, 0.6) is 0 Å². The highest BCUT2D eigenvalue weighted by molar-refractivity contribution is 5.89. The third kappa shape index (κ3) is 4.18. The van der Waals surface area contributed by atoms with Gasteiger partial charge in [0, 0.05) is 45.6 Å². The molecule has 0 unspecified atom stereocenters. The predicted octanol–water partition coefficient (Wildman–Crippen LogP) is 1.27. The van der Waals surface area contributed by atoms with Crippen LogP contribution in [0.25, 0.3) is 0 Å². The van der Waals surface area contributed by atoms with E-state index in [0.29, 0.717) is 39.1 Å². The molecule has 1 aromatic rings. The van der Waals surface area contributed by atoms with Gasteiger partial charge >= 0.3 is 0 Å². The van der Waals surface area contributed by atoms with E-state index in [1.807, 2.05) is 30.3 Å². The predicted molar refractivity (Wildman–Crippen MR) is 91.4 cm³/mol. The van der Waals surface area contributed by atoms with E-state index >= 15 is 0 Å². The van der Waals surface area contributed by atoms with Crippen LogP contribution >= 0.6 is 0 Å². The Balaban J connectivity index is 1.54. The van der Waals surface area contributed by atoms with E-state index in [4.69, 9.17) is 4.74 Å². The van der Waals surface area contributed by atoms with Gasteiger partial charge in [0.1, 0.15) is 5.54 Å². The maximum absolute atomic E-state index is 12.6. The summed E-state index contributed by atoms with van der Waals surface area (Å²) in [6, 6.07) is 12.2. The van der Waals surface area contributed by atoms with Gasteiger partial charge in [-0.2, -0.15) is 5.26 Å². The molecule has 6 nitrogen and oxygen atoms in total. The van der Waals surface area contributed by atoms with Crippen molar-refractivity contribution in [2.45, 2.75) is 31.2 Å². The summed E-state index contributed by atoms with van der Waals surface area (Å²) >= 11 is 0. The minimum Gasteiger partial charge on any atom is -0.381 e. The third-order valence-electron chi connectivity index (χ3n) is 5.02. The molecule has 3 rings (SSSR count). The average molecular weight is 341 g/mol. The second-order valence-electron chi connectivity index (χ2n) is 6.77. The Bertz CT molecular complexity index is 662. The second kappa shape index (κ2) is 7.66. The number of hydrogen-bond acceptors (Lipinski definition) is 4. The lowest BCUT2D eigenvalue weighted by molar-refractivity contribution is -0.129. The Morgan fingerprint density at radius 2 is 2.04 bits per heavy atom. The molecule has 2 amide bonds. The summed E-state index contributed by atoms with van der Waals surface area (Å²) in [5.41, 5.74) is 0.324. The molecule has 1 N–H and O–H groups in total. The molecule has 132 valence electrons. The number of rotatable bonds is 5. The molecule has 0 bridgehead atoms. The lowest BCUT2D eigenvalue weighted by Crippen LogP contribution is -2.52. The number of ether oxygens (including phenoxy) is 1. The molecule has 0 saturated carbocycles. The van der Waals surface area contributed by atoms with Gasteiger partial charge in [0.05, 0.1) is 12.0 Å². The molecule has 2 aliphatic heterocycles. The summed E-state index contributed by atoms with van der Waals surface area (Å²) in [4.78, 5) is 26.5. The monoisotopic (exact) mass is 341 g/mol. The molecule has 2 fully saturated rings. The number of likely N-dealkylation sites (tertiary alicyclic amines) is 1. The topological polar surface area (TPSA) is 82.4 Å². The second-order valence-corrected chi connectivity index (χ2v) is 6.77. The number of hydrogen-bond donors (Lipinski definition) is 1. The number of nitrogens with one attached hydrogen (secondary N) is 1. The smallest absolute Gasteiger partial charge is 0.226 e. The van der Waals surface area contributed by atoms with Crippen LogP contribution < -0.4 is 5.32 Å². The summed E-state index contributed by atoms with van der Waals surface area (Å²) in [6.45, 7) is 1.99. The maximum Gasteiger partial charge on any atom is 0.226 e. The molecule has 2 heterocycles. The molecule has 0 radical (unpaired) electrons. The summed E-state index contributed by atoms with van der Waals surface area (Å²) in [7, 11) is 0. The van der Waals surface area contributed by atoms with Gasteiger partial charge < -0.3 is 15.0 Å². The van der Waals surface area contributed by atoms with Gasteiger partial charge in [-0.15, -0.1) is 0 Å². The Morgan fingerprint density at radius 3 is 2.72 bits per heavy atom. The molecule has 2 aliphatic rings. The fourth-order valence-corrected chi connectivity index (χ4v) is 3.40. The highest BCUT2D eigenvalue weighted by Crippen LogP contribution is 2.23.